The smallest absolute Gasteiger partial charge is 0.165 e. The first-order valence-corrected chi connectivity index (χ1v) is 7.75. The van der Waals surface area contributed by atoms with Gasteiger partial charge in [-0.1, -0.05) is 17.7 Å². The number of rotatable bonds is 3. The van der Waals surface area contributed by atoms with Gasteiger partial charge in [-0.25, -0.2) is 14.4 Å². The lowest BCUT2D eigenvalue weighted by molar-refractivity contribution is 0.412. The van der Waals surface area contributed by atoms with Gasteiger partial charge in [0.15, 0.2) is 5.82 Å². The molecule has 4 nitrogen and oxygen atoms in total. The summed E-state index contributed by atoms with van der Waals surface area (Å²) in [5, 5.41) is 3.79. The van der Waals surface area contributed by atoms with E-state index in [9.17, 15) is 4.39 Å². The summed E-state index contributed by atoms with van der Waals surface area (Å²) in [5.41, 5.74) is 0.968. The zero-order chi connectivity index (χ0) is 15.7. The molecule has 2 aromatic carbocycles. The number of fused-ring (bicyclic) bond motifs is 1. The summed E-state index contributed by atoms with van der Waals surface area (Å²) in [6, 6.07) is 8.47. The summed E-state index contributed by atoms with van der Waals surface area (Å²) in [6.45, 7) is 0. The van der Waals surface area contributed by atoms with Crippen molar-refractivity contribution in [1.82, 2.24) is 9.97 Å². The van der Waals surface area contributed by atoms with Gasteiger partial charge < -0.3 is 10.1 Å². The fourth-order valence-corrected chi connectivity index (χ4v) is 2.90. The second kappa shape index (κ2) is 6.21. The molecule has 0 fully saturated rings. The van der Waals surface area contributed by atoms with Gasteiger partial charge in [-0.05, 0) is 40.8 Å². The van der Waals surface area contributed by atoms with Crippen molar-refractivity contribution in [2.45, 2.75) is 0 Å². The van der Waals surface area contributed by atoms with E-state index in [2.05, 4.69) is 37.9 Å². The molecule has 0 saturated heterocycles. The molecule has 0 unspecified atom stereocenters. The predicted octanol–water partition coefficient (Wildman–Crippen LogP) is 4.78. The van der Waals surface area contributed by atoms with E-state index < -0.39 is 5.82 Å². The Morgan fingerprint density at radius 2 is 2.09 bits per heavy atom. The molecule has 0 radical (unpaired) electrons. The zero-order valence-corrected chi connectivity index (χ0v) is 14.3. The van der Waals surface area contributed by atoms with Crippen LogP contribution in [0.1, 0.15) is 0 Å². The molecule has 22 heavy (non-hydrogen) atoms. The lowest BCUT2D eigenvalue weighted by atomic mass is 10.2. The van der Waals surface area contributed by atoms with Gasteiger partial charge in [0.2, 0.25) is 0 Å². The van der Waals surface area contributed by atoms with Crippen molar-refractivity contribution < 1.29 is 9.13 Å². The van der Waals surface area contributed by atoms with Gasteiger partial charge in [0.05, 0.1) is 26.9 Å². The number of aromatic nitrogens is 2. The fourth-order valence-electron chi connectivity index (χ4n) is 2.04. The second-order valence-corrected chi connectivity index (χ2v) is 6.02. The molecule has 1 heterocycles. The Bertz CT molecular complexity index is 860. The molecule has 3 aromatic rings. The highest BCUT2D eigenvalue weighted by atomic mass is 127. The molecule has 1 N–H and O–H groups in total. The summed E-state index contributed by atoms with van der Waals surface area (Å²) >= 11 is 7.96. The average Bonchev–Trinajstić information content (AvgIpc) is 2.52. The number of anilines is 2. The Balaban J connectivity index is 2.11. The Labute approximate surface area is 144 Å². The predicted molar refractivity (Wildman–Crippen MR) is 93.5 cm³/mol. The normalized spacial score (nSPS) is 10.7. The van der Waals surface area contributed by atoms with Crippen molar-refractivity contribution in [3.05, 3.63) is 51.1 Å². The third kappa shape index (κ3) is 2.80. The lowest BCUT2D eigenvalue weighted by Crippen LogP contribution is -1.99. The van der Waals surface area contributed by atoms with Gasteiger partial charge in [-0.2, -0.15) is 0 Å². The monoisotopic (exact) mass is 429 g/mol. The van der Waals surface area contributed by atoms with Crippen LogP contribution < -0.4 is 10.1 Å². The Morgan fingerprint density at radius 3 is 2.86 bits per heavy atom. The summed E-state index contributed by atoms with van der Waals surface area (Å²) in [7, 11) is 1.60. The van der Waals surface area contributed by atoms with Gasteiger partial charge >= 0.3 is 0 Å². The van der Waals surface area contributed by atoms with Crippen molar-refractivity contribution in [3.63, 3.8) is 0 Å². The molecule has 0 saturated carbocycles. The summed E-state index contributed by atoms with van der Waals surface area (Å²) < 4.78 is 20.2. The van der Waals surface area contributed by atoms with Crippen LogP contribution in [0.25, 0.3) is 10.9 Å². The topological polar surface area (TPSA) is 47.0 Å². The molecule has 0 amide bonds. The van der Waals surface area contributed by atoms with E-state index in [4.69, 9.17) is 16.3 Å². The lowest BCUT2D eigenvalue weighted by Gasteiger charge is -2.11. The highest BCUT2D eigenvalue weighted by molar-refractivity contribution is 14.1. The SMILES string of the molecule is COc1cc2ncnc(Nc3cccc(Cl)c3F)c2cc1I. The maximum absolute atomic E-state index is 14.0. The number of ether oxygens (including phenoxy) is 1. The molecule has 7 heteroatoms. The molecule has 0 spiro atoms. The van der Waals surface area contributed by atoms with Gasteiger partial charge in [0, 0.05) is 11.5 Å². The van der Waals surface area contributed by atoms with Crippen molar-refractivity contribution in [2.24, 2.45) is 0 Å². The highest BCUT2D eigenvalue weighted by Crippen LogP contribution is 2.31. The van der Waals surface area contributed by atoms with E-state index in [1.165, 1.54) is 12.4 Å². The van der Waals surface area contributed by atoms with E-state index in [1.54, 1.807) is 19.2 Å². The van der Waals surface area contributed by atoms with Crippen LogP contribution in [0.15, 0.2) is 36.7 Å². The number of methoxy groups -OCH3 is 1. The molecular weight excluding hydrogens is 420 g/mol. The molecule has 112 valence electrons. The number of halogens is 3. The van der Waals surface area contributed by atoms with E-state index in [0.717, 1.165) is 14.7 Å². The molecular formula is C15H10ClFIN3O. The Hall–Kier alpha value is -1.67. The standard InChI is InChI=1S/C15H10ClFIN3O/c1-22-13-6-12-8(5-10(13)18)15(20-7-19-12)21-11-4-2-3-9(16)14(11)17/h2-7H,1H3,(H,19,20,21). The Morgan fingerprint density at radius 1 is 1.27 bits per heavy atom. The van der Waals surface area contributed by atoms with E-state index in [0.29, 0.717) is 11.3 Å². The number of nitrogens with zero attached hydrogens (tertiary/aromatic N) is 2. The third-order valence-corrected chi connectivity index (χ3v) is 4.25. The quantitative estimate of drug-likeness (QED) is 0.609. The number of hydrogen-bond donors (Lipinski definition) is 1. The number of hydrogen-bond acceptors (Lipinski definition) is 4. The molecule has 0 bridgehead atoms. The maximum atomic E-state index is 14.0. The highest BCUT2D eigenvalue weighted by Gasteiger charge is 2.12. The van der Waals surface area contributed by atoms with E-state index in [-0.39, 0.29) is 10.7 Å². The van der Waals surface area contributed by atoms with Gasteiger partial charge in [-0.3, -0.25) is 0 Å². The van der Waals surface area contributed by atoms with Crippen LogP contribution in [-0.4, -0.2) is 17.1 Å². The van der Waals surface area contributed by atoms with Gasteiger partial charge in [0.1, 0.15) is 17.9 Å². The summed E-state index contributed by atoms with van der Waals surface area (Å²) in [5.74, 6) is 0.720. The summed E-state index contributed by atoms with van der Waals surface area (Å²) in [6.07, 6.45) is 1.42. The minimum absolute atomic E-state index is 0.0552. The molecule has 0 atom stereocenters. The molecule has 0 aliphatic rings. The molecule has 0 aliphatic carbocycles. The minimum Gasteiger partial charge on any atom is -0.496 e. The van der Waals surface area contributed by atoms with Gasteiger partial charge in [-0.15, -0.1) is 0 Å². The largest absolute Gasteiger partial charge is 0.496 e. The van der Waals surface area contributed by atoms with Crippen molar-refractivity contribution in [3.8, 4) is 5.75 Å². The zero-order valence-electron chi connectivity index (χ0n) is 11.4. The molecule has 1 aromatic heterocycles. The van der Waals surface area contributed by atoms with Crippen LogP contribution >= 0.6 is 34.2 Å². The molecule has 0 aliphatic heterocycles. The van der Waals surface area contributed by atoms with E-state index in [1.807, 2.05) is 12.1 Å². The van der Waals surface area contributed by atoms with Crippen LogP contribution in [0.3, 0.4) is 0 Å². The van der Waals surface area contributed by atoms with Crippen molar-refractivity contribution >= 4 is 56.6 Å². The van der Waals surface area contributed by atoms with Gasteiger partial charge in [0.25, 0.3) is 0 Å². The maximum Gasteiger partial charge on any atom is 0.165 e. The fraction of sp³-hybridized carbons (Fsp3) is 0.0667. The first-order valence-electron chi connectivity index (χ1n) is 6.29. The average molecular weight is 430 g/mol. The Kier molecular flexibility index (Phi) is 4.30. The number of benzene rings is 2. The minimum atomic E-state index is -0.515. The third-order valence-electron chi connectivity index (χ3n) is 3.11. The molecule has 3 rings (SSSR count). The van der Waals surface area contributed by atoms with Crippen LogP contribution in [-0.2, 0) is 0 Å². The van der Waals surface area contributed by atoms with Crippen LogP contribution in [0.4, 0.5) is 15.9 Å². The first-order chi connectivity index (χ1) is 10.6. The first kappa shape index (κ1) is 15.2. The van der Waals surface area contributed by atoms with Crippen LogP contribution in [0.5, 0.6) is 5.75 Å². The van der Waals surface area contributed by atoms with Crippen LogP contribution in [0, 0.1) is 9.39 Å². The van der Waals surface area contributed by atoms with Crippen LogP contribution in [0.2, 0.25) is 5.02 Å². The van der Waals surface area contributed by atoms with Crippen molar-refractivity contribution in [2.75, 3.05) is 12.4 Å². The number of nitrogens with one attached hydrogen (secondary N) is 1. The van der Waals surface area contributed by atoms with E-state index >= 15 is 0 Å². The second-order valence-electron chi connectivity index (χ2n) is 4.45. The summed E-state index contributed by atoms with van der Waals surface area (Å²) in [4.78, 5) is 8.41. The van der Waals surface area contributed by atoms with Crippen molar-refractivity contribution in [1.29, 1.82) is 0 Å².